The Morgan fingerprint density at radius 1 is 1.17 bits per heavy atom. The highest BCUT2D eigenvalue weighted by Crippen LogP contribution is 2.19. The molecule has 0 aliphatic carbocycles. The van der Waals surface area contributed by atoms with E-state index < -0.39 is 0 Å². The maximum atomic E-state index is 12.2. The number of para-hydroxylation sites is 1. The maximum Gasteiger partial charge on any atom is 0.246 e. The molecule has 2 aromatic carbocycles. The van der Waals surface area contributed by atoms with Gasteiger partial charge in [0.2, 0.25) is 5.91 Å². The third-order valence-corrected chi connectivity index (χ3v) is 3.88. The lowest BCUT2D eigenvalue weighted by Crippen LogP contribution is -2.20. The predicted octanol–water partition coefficient (Wildman–Crippen LogP) is 3.05. The lowest BCUT2D eigenvalue weighted by Gasteiger charge is -2.09. The van der Waals surface area contributed by atoms with Crippen molar-refractivity contribution in [1.82, 2.24) is 20.2 Å². The lowest BCUT2D eigenvalue weighted by atomic mass is 10.2. The Hall–Kier alpha value is -2.54. The highest BCUT2D eigenvalue weighted by Gasteiger charge is 2.13. The molecule has 0 aliphatic heterocycles. The van der Waals surface area contributed by atoms with Gasteiger partial charge in [-0.1, -0.05) is 46.3 Å². The topological polar surface area (TPSA) is 72.7 Å². The molecule has 0 unspecified atom stereocenters. The molecule has 0 fully saturated rings. The monoisotopic (exact) mass is 371 g/mol. The van der Waals surface area contributed by atoms with Crippen LogP contribution in [0.3, 0.4) is 0 Å². The Morgan fingerprint density at radius 2 is 1.91 bits per heavy atom. The van der Waals surface area contributed by atoms with Crippen LogP contribution in [-0.2, 0) is 11.3 Å². The van der Waals surface area contributed by atoms with E-state index in [-0.39, 0.29) is 12.5 Å². The number of benzene rings is 2. The Kier molecular flexibility index (Phi) is 4.47. The fourth-order valence-electron chi connectivity index (χ4n) is 2.16. The third-order valence-electron chi connectivity index (χ3n) is 3.35. The van der Waals surface area contributed by atoms with Crippen LogP contribution in [-0.4, -0.2) is 26.1 Å². The first kappa shape index (κ1) is 15.4. The summed E-state index contributed by atoms with van der Waals surface area (Å²) in [6.07, 6.45) is 0. The second-order valence-corrected chi connectivity index (χ2v) is 5.95. The summed E-state index contributed by atoms with van der Waals surface area (Å²) in [6.45, 7) is 1.99. The summed E-state index contributed by atoms with van der Waals surface area (Å²) in [5.74, 6) is 0.377. The molecule has 1 aromatic heterocycles. The van der Waals surface area contributed by atoms with Gasteiger partial charge < -0.3 is 5.32 Å². The number of nitrogens with zero attached hydrogens (tertiary/aromatic N) is 4. The molecular formula is C16H14BrN5O. The summed E-state index contributed by atoms with van der Waals surface area (Å²) in [5, 5.41) is 14.4. The Bertz CT molecular complexity index is 828. The summed E-state index contributed by atoms with van der Waals surface area (Å²) in [7, 11) is 0. The van der Waals surface area contributed by atoms with Crippen molar-refractivity contribution in [1.29, 1.82) is 0 Å². The van der Waals surface area contributed by atoms with Gasteiger partial charge in [0.1, 0.15) is 6.54 Å². The van der Waals surface area contributed by atoms with Crippen molar-refractivity contribution in [2.45, 2.75) is 13.5 Å². The van der Waals surface area contributed by atoms with Gasteiger partial charge in [-0.2, -0.15) is 0 Å². The molecule has 0 radical (unpaired) electrons. The molecule has 7 heteroatoms. The number of halogens is 1. The summed E-state index contributed by atoms with van der Waals surface area (Å²) in [4.78, 5) is 12.2. The van der Waals surface area contributed by atoms with Crippen LogP contribution in [0.1, 0.15) is 5.56 Å². The maximum absolute atomic E-state index is 12.2. The highest BCUT2D eigenvalue weighted by atomic mass is 79.9. The molecule has 0 bridgehead atoms. The Labute approximate surface area is 141 Å². The van der Waals surface area contributed by atoms with Crippen LogP contribution in [0.5, 0.6) is 0 Å². The normalized spacial score (nSPS) is 10.5. The van der Waals surface area contributed by atoms with E-state index in [1.54, 1.807) is 0 Å². The van der Waals surface area contributed by atoms with Gasteiger partial charge in [-0.15, -0.1) is 5.10 Å². The second kappa shape index (κ2) is 6.70. The average Bonchev–Trinajstić information content (AvgIpc) is 2.98. The summed E-state index contributed by atoms with van der Waals surface area (Å²) in [5.41, 5.74) is 2.64. The molecule has 23 heavy (non-hydrogen) atoms. The minimum absolute atomic E-state index is 0.0483. The van der Waals surface area contributed by atoms with Gasteiger partial charge in [0, 0.05) is 15.7 Å². The van der Waals surface area contributed by atoms with Crippen molar-refractivity contribution in [2.24, 2.45) is 0 Å². The number of hydrogen-bond acceptors (Lipinski definition) is 4. The molecule has 0 spiro atoms. The first-order chi connectivity index (χ1) is 11.1. The van der Waals surface area contributed by atoms with Crippen LogP contribution < -0.4 is 5.32 Å². The molecule has 0 atom stereocenters. The van der Waals surface area contributed by atoms with E-state index in [0.717, 1.165) is 21.3 Å². The van der Waals surface area contributed by atoms with Gasteiger partial charge in [0.15, 0.2) is 5.82 Å². The van der Waals surface area contributed by atoms with Crippen LogP contribution in [0.4, 0.5) is 5.69 Å². The van der Waals surface area contributed by atoms with E-state index in [1.807, 2.05) is 55.5 Å². The smallest absolute Gasteiger partial charge is 0.246 e. The predicted molar refractivity (Wildman–Crippen MR) is 90.8 cm³/mol. The summed E-state index contributed by atoms with van der Waals surface area (Å²) in [6, 6.07) is 15.2. The van der Waals surface area contributed by atoms with Crippen LogP contribution in [0.2, 0.25) is 0 Å². The van der Waals surface area contributed by atoms with Gasteiger partial charge >= 0.3 is 0 Å². The van der Waals surface area contributed by atoms with E-state index in [0.29, 0.717) is 5.82 Å². The molecule has 6 nitrogen and oxygen atoms in total. The van der Waals surface area contributed by atoms with Gasteiger partial charge in [0.05, 0.1) is 0 Å². The number of hydrogen-bond donors (Lipinski definition) is 1. The first-order valence-electron chi connectivity index (χ1n) is 7.01. The molecule has 3 rings (SSSR count). The number of carbonyl (C=O) groups excluding carboxylic acids is 1. The van der Waals surface area contributed by atoms with E-state index in [1.165, 1.54) is 4.68 Å². The Morgan fingerprint density at radius 3 is 2.65 bits per heavy atom. The zero-order valence-electron chi connectivity index (χ0n) is 12.4. The van der Waals surface area contributed by atoms with Crippen molar-refractivity contribution < 1.29 is 4.79 Å². The highest BCUT2D eigenvalue weighted by molar-refractivity contribution is 9.10. The van der Waals surface area contributed by atoms with Crippen molar-refractivity contribution in [3.05, 3.63) is 58.6 Å². The molecule has 0 saturated carbocycles. The largest absolute Gasteiger partial charge is 0.324 e. The van der Waals surface area contributed by atoms with E-state index in [4.69, 9.17) is 0 Å². The van der Waals surface area contributed by atoms with Gasteiger partial charge in [-0.3, -0.25) is 4.79 Å². The summed E-state index contributed by atoms with van der Waals surface area (Å²) >= 11 is 3.39. The molecular weight excluding hydrogens is 358 g/mol. The van der Waals surface area contributed by atoms with Crippen molar-refractivity contribution >= 4 is 27.5 Å². The van der Waals surface area contributed by atoms with Crippen LogP contribution in [0.25, 0.3) is 11.4 Å². The van der Waals surface area contributed by atoms with Crippen molar-refractivity contribution in [2.75, 3.05) is 5.32 Å². The van der Waals surface area contributed by atoms with Crippen molar-refractivity contribution in [3.63, 3.8) is 0 Å². The van der Waals surface area contributed by atoms with Gasteiger partial charge in [0.25, 0.3) is 0 Å². The summed E-state index contributed by atoms with van der Waals surface area (Å²) < 4.78 is 2.45. The van der Waals surface area contributed by atoms with Gasteiger partial charge in [-0.25, -0.2) is 4.68 Å². The number of nitrogens with one attached hydrogen (secondary N) is 1. The molecule has 0 saturated heterocycles. The minimum Gasteiger partial charge on any atom is -0.324 e. The third kappa shape index (κ3) is 3.62. The molecule has 1 heterocycles. The molecule has 1 amide bonds. The molecule has 116 valence electrons. The van der Waals surface area contributed by atoms with Crippen LogP contribution in [0.15, 0.2) is 53.0 Å². The standard InChI is InChI=1S/C16H14BrN5O/c1-11-4-2-3-5-14(11)18-15(23)10-22-16(19-20-21-22)12-6-8-13(17)9-7-12/h2-9H,10H2,1H3,(H,18,23). The van der Waals surface area contributed by atoms with Crippen LogP contribution >= 0.6 is 15.9 Å². The lowest BCUT2D eigenvalue weighted by molar-refractivity contribution is -0.116. The van der Waals surface area contributed by atoms with Crippen molar-refractivity contribution in [3.8, 4) is 11.4 Å². The van der Waals surface area contributed by atoms with Crippen LogP contribution in [0, 0.1) is 6.92 Å². The first-order valence-corrected chi connectivity index (χ1v) is 7.80. The molecule has 3 aromatic rings. The molecule has 1 N–H and O–H groups in total. The van der Waals surface area contributed by atoms with Gasteiger partial charge in [-0.05, 0) is 41.1 Å². The number of aromatic nitrogens is 4. The van der Waals surface area contributed by atoms with E-state index >= 15 is 0 Å². The average molecular weight is 372 g/mol. The number of anilines is 1. The van der Waals surface area contributed by atoms with E-state index in [2.05, 4.69) is 36.8 Å². The fourth-order valence-corrected chi connectivity index (χ4v) is 2.42. The SMILES string of the molecule is Cc1ccccc1NC(=O)Cn1nnnc1-c1ccc(Br)cc1. The second-order valence-electron chi connectivity index (χ2n) is 5.03. The zero-order chi connectivity index (χ0) is 16.2. The number of carbonyl (C=O) groups is 1. The molecule has 0 aliphatic rings. The number of tetrazole rings is 1. The quantitative estimate of drug-likeness (QED) is 0.764. The number of aryl methyl sites for hydroxylation is 1. The minimum atomic E-state index is -0.176. The number of amides is 1. The van der Waals surface area contributed by atoms with E-state index in [9.17, 15) is 4.79 Å². The Balaban J connectivity index is 1.76. The number of rotatable bonds is 4. The fraction of sp³-hybridized carbons (Fsp3) is 0.125. The zero-order valence-corrected chi connectivity index (χ0v) is 14.0.